The molecule has 0 N–H and O–H groups in total. The second kappa shape index (κ2) is 1.44. The Hall–Kier alpha value is -0.260. The molecule has 3 atom stereocenters. The average molecular weight is 148 g/mol. The van der Waals surface area contributed by atoms with Crippen LogP contribution < -0.4 is 0 Å². The van der Waals surface area contributed by atoms with Gasteiger partial charge in [-0.05, 0) is 37.0 Å². The van der Waals surface area contributed by atoms with E-state index in [9.17, 15) is 0 Å². The van der Waals surface area contributed by atoms with Crippen LogP contribution in [0.1, 0.15) is 39.5 Å². The summed E-state index contributed by atoms with van der Waals surface area (Å²) in [5.74, 6) is 0.983. The van der Waals surface area contributed by atoms with Gasteiger partial charge in [-0.25, -0.2) is 0 Å². The minimum Gasteiger partial charge on any atom is -0.0776 e. The molecule has 11 heavy (non-hydrogen) atoms. The van der Waals surface area contributed by atoms with Crippen LogP contribution in [0.5, 0.6) is 0 Å². The maximum absolute atomic E-state index is 2.59. The van der Waals surface area contributed by atoms with Crippen molar-refractivity contribution < 1.29 is 0 Å². The third kappa shape index (κ3) is 0.457. The molecular weight excluding hydrogens is 132 g/mol. The van der Waals surface area contributed by atoms with Gasteiger partial charge in [-0.2, -0.15) is 0 Å². The van der Waals surface area contributed by atoms with Gasteiger partial charge in [0.15, 0.2) is 0 Å². The molecule has 0 aromatic carbocycles. The fourth-order valence-electron chi connectivity index (χ4n) is 3.78. The van der Waals surface area contributed by atoms with Crippen LogP contribution in [0.15, 0.2) is 11.6 Å². The van der Waals surface area contributed by atoms with Crippen molar-refractivity contribution in [1.82, 2.24) is 0 Å². The van der Waals surface area contributed by atoms with E-state index < -0.39 is 0 Å². The topological polar surface area (TPSA) is 0 Å². The fraction of sp³-hybridized carbons (Fsp3) is 0.818. The molecule has 0 nitrogen and oxygen atoms in total. The van der Waals surface area contributed by atoms with Gasteiger partial charge in [0.25, 0.3) is 0 Å². The Morgan fingerprint density at radius 1 is 1.64 bits per heavy atom. The zero-order valence-corrected chi connectivity index (χ0v) is 7.48. The van der Waals surface area contributed by atoms with Crippen molar-refractivity contribution in [3.05, 3.63) is 11.6 Å². The van der Waals surface area contributed by atoms with E-state index >= 15 is 0 Å². The van der Waals surface area contributed by atoms with Crippen LogP contribution in [-0.2, 0) is 0 Å². The first-order valence-electron chi connectivity index (χ1n) is 4.95. The van der Waals surface area contributed by atoms with Gasteiger partial charge in [0.05, 0.1) is 0 Å². The first-order chi connectivity index (χ1) is 5.22. The van der Waals surface area contributed by atoms with Crippen molar-refractivity contribution in [2.75, 3.05) is 0 Å². The standard InChI is InChI=1S/C11H16/c1-3-10-6-9-4-8(2)5-11(9,10)7-10/h6,8H,3-5,7H2,1-2H3/t8-,10?,11?/m0/s1. The van der Waals surface area contributed by atoms with E-state index in [2.05, 4.69) is 19.9 Å². The minimum atomic E-state index is 0.729. The monoisotopic (exact) mass is 148 g/mol. The van der Waals surface area contributed by atoms with E-state index in [1.54, 1.807) is 0 Å². The van der Waals surface area contributed by atoms with Crippen molar-refractivity contribution >= 4 is 0 Å². The molecule has 3 aliphatic carbocycles. The summed E-state index contributed by atoms with van der Waals surface area (Å²) in [5, 5.41) is 0. The van der Waals surface area contributed by atoms with Gasteiger partial charge >= 0.3 is 0 Å². The lowest BCUT2D eigenvalue weighted by Crippen LogP contribution is -2.19. The Morgan fingerprint density at radius 3 is 3.00 bits per heavy atom. The van der Waals surface area contributed by atoms with Crippen molar-refractivity contribution in [2.45, 2.75) is 39.5 Å². The van der Waals surface area contributed by atoms with E-state index in [0.717, 1.165) is 16.7 Å². The van der Waals surface area contributed by atoms with Gasteiger partial charge in [-0.15, -0.1) is 0 Å². The molecule has 0 bridgehead atoms. The van der Waals surface area contributed by atoms with E-state index in [1.807, 2.05) is 5.57 Å². The zero-order valence-electron chi connectivity index (χ0n) is 7.48. The van der Waals surface area contributed by atoms with Gasteiger partial charge in [0, 0.05) is 5.41 Å². The number of allylic oxidation sites excluding steroid dienone is 2. The Labute approximate surface area is 68.7 Å². The van der Waals surface area contributed by atoms with Crippen LogP contribution >= 0.6 is 0 Å². The molecule has 0 aromatic heterocycles. The third-order valence-corrected chi connectivity index (χ3v) is 4.41. The van der Waals surface area contributed by atoms with Crippen LogP contribution in [0.4, 0.5) is 0 Å². The van der Waals surface area contributed by atoms with Crippen molar-refractivity contribution in [2.24, 2.45) is 16.7 Å². The zero-order chi connectivity index (χ0) is 7.69. The van der Waals surface area contributed by atoms with E-state index in [4.69, 9.17) is 0 Å². The maximum Gasteiger partial charge on any atom is 0.00146 e. The molecule has 0 amide bonds. The summed E-state index contributed by atoms with van der Waals surface area (Å²) < 4.78 is 0. The first kappa shape index (κ1) is 6.28. The molecule has 60 valence electrons. The Morgan fingerprint density at radius 2 is 2.45 bits per heavy atom. The van der Waals surface area contributed by atoms with Crippen LogP contribution in [0.25, 0.3) is 0 Å². The predicted octanol–water partition coefficient (Wildman–Crippen LogP) is 3.14. The second-order valence-corrected chi connectivity index (χ2v) is 4.95. The molecule has 0 aliphatic heterocycles. The molecule has 0 aromatic rings. The highest BCUT2D eigenvalue weighted by atomic mass is 14.8. The van der Waals surface area contributed by atoms with Gasteiger partial charge in [0.2, 0.25) is 0 Å². The van der Waals surface area contributed by atoms with Crippen molar-refractivity contribution in [3.8, 4) is 0 Å². The molecule has 2 saturated carbocycles. The summed E-state index contributed by atoms with van der Waals surface area (Å²) in [7, 11) is 0. The molecule has 0 heteroatoms. The second-order valence-electron chi connectivity index (χ2n) is 4.95. The molecule has 0 radical (unpaired) electrons. The van der Waals surface area contributed by atoms with E-state index in [0.29, 0.717) is 0 Å². The molecule has 3 rings (SSSR count). The van der Waals surface area contributed by atoms with Gasteiger partial charge < -0.3 is 0 Å². The van der Waals surface area contributed by atoms with Crippen molar-refractivity contribution in [3.63, 3.8) is 0 Å². The largest absolute Gasteiger partial charge is 0.0776 e. The minimum absolute atomic E-state index is 0.729. The highest BCUT2D eigenvalue weighted by Crippen LogP contribution is 2.83. The highest BCUT2D eigenvalue weighted by Gasteiger charge is 2.74. The van der Waals surface area contributed by atoms with Gasteiger partial charge in [-0.3, -0.25) is 0 Å². The van der Waals surface area contributed by atoms with Crippen LogP contribution in [0.2, 0.25) is 0 Å². The number of rotatable bonds is 1. The van der Waals surface area contributed by atoms with Crippen LogP contribution in [0, 0.1) is 16.7 Å². The normalized spacial score (nSPS) is 57.6. The average Bonchev–Trinajstić information content (AvgIpc) is 2.33. The Bertz CT molecular complexity index is 251. The Balaban J connectivity index is 1.98. The summed E-state index contributed by atoms with van der Waals surface area (Å²) in [6, 6.07) is 0. The molecule has 3 aliphatic rings. The van der Waals surface area contributed by atoms with E-state index in [1.165, 1.54) is 25.7 Å². The first-order valence-corrected chi connectivity index (χ1v) is 4.95. The predicted molar refractivity (Wildman–Crippen MR) is 46.3 cm³/mol. The smallest absolute Gasteiger partial charge is 0.00146 e. The third-order valence-electron chi connectivity index (χ3n) is 4.41. The SMILES string of the molecule is CCC12C=C3C[C@H](C)CC31C2. The molecule has 2 fully saturated rings. The summed E-state index contributed by atoms with van der Waals surface area (Å²) in [4.78, 5) is 0. The van der Waals surface area contributed by atoms with Gasteiger partial charge in [-0.1, -0.05) is 25.5 Å². The molecule has 0 saturated heterocycles. The molecule has 0 heterocycles. The summed E-state index contributed by atoms with van der Waals surface area (Å²) in [6.45, 7) is 4.76. The van der Waals surface area contributed by atoms with Gasteiger partial charge in [0.1, 0.15) is 0 Å². The molecular formula is C11H16. The number of hydrogen-bond donors (Lipinski definition) is 0. The molecule has 1 spiro atoms. The lowest BCUT2D eigenvalue weighted by molar-refractivity contribution is 0.382. The maximum atomic E-state index is 2.59. The quantitative estimate of drug-likeness (QED) is 0.501. The lowest BCUT2D eigenvalue weighted by Gasteiger charge is -2.29. The van der Waals surface area contributed by atoms with Crippen LogP contribution in [0.3, 0.4) is 0 Å². The number of hydrogen-bond acceptors (Lipinski definition) is 0. The van der Waals surface area contributed by atoms with E-state index in [-0.39, 0.29) is 0 Å². The summed E-state index contributed by atoms with van der Waals surface area (Å²) in [5.41, 5.74) is 3.33. The van der Waals surface area contributed by atoms with Crippen molar-refractivity contribution in [1.29, 1.82) is 0 Å². The van der Waals surface area contributed by atoms with Crippen LogP contribution in [-0.4, -0.2) is 0 Å². The Kier molecular flexibility index (Phi) is 0.821. The highest BCUT2D eigenvalue weighted by molar-refractivity contribution is 5.49. The summed E-state index contributed by atoms with van der Waals surface area (Å²) >= 11 is 0. The molecule has 2 unspecified atom stereocenters. The lowest BCUT2D eigenvalue weighted by atomic mass is 9.75. The fourth-order valence-corrected chi connectivity index (χ4v) is 3.78. The summed E-state index contributed by atoms with van der Waals surface area (Å²) in [6.07, 6.45) is 8.42.